The van der Waals surface area contributed by atoms with Gasteiger partial charge in [-0.15, -0.1) is 12.3 Å². The predicted octanol–water partition coefficient (Wildman–Crippen LogP) is 1.22. The van der Waals surface area contributed by atoms with Crippen LogP contribution in [0, 0.1) is 12.3 Å². The minimum absolute atomic E-state index is 0.0409. The summed E-state index contributed by atoms with van der Waals surface area (Å²) in [5.74, 6) is 3.10. The zero-order valence-electron chi connectivity index (χ0n) is 10.7. The SMILES string of the molecule is C#CCCCNS(=O)(=O)c1ccc(CNC2CC2)o1. The summed E-state index contributed by atoms with van der Waals surface area (Å²) in [6.45, 7) is 0.889. The topological polar surface area (TPSA) is 71.3 Å². The third kappa shape index (κ3) is 4.39. The van der Waals surface area contributed by atoms with Gasteiger partial charge >= 0.3 is 0 Å². The van der Waals surface area contributed by atoms with Gasteiger partial charge in [0.05, 0.1) is 6.54 Å². The van der Waals surface area contributed by atoms with E-state index in [9.17, 15) is 8.42 Å². The quantitative estimate of drug-likeness (QED) is 0.555. The molecular formula is C13H18N2O3S. The van der Waals surface area contributed by atoms with Gasteiger partial charge in [-0.05, 0) is 31.4 Å². The second kappa shape index (κ2) is 6.24. The molecule has 0 aliphatic heterocycles. The highest BCUT2D eigenvalue weighted by molar-refractivity contribution is 7.89. The van der Waals surface area contributed by atoms with Crippen LogP contribution in [0.2, 0.25) is 0 Å². The van der Waals surface area contributed by atoms with E-state index in [0.29, 0.717) is 37.7 Å². The first-order chi connectivity index (χ1) is 9.12. The average molecular weight is 282 g/mol. The van der Waals surface area contributed by atoms with Gasteiger partial charge in [-0.2, -0.15) is 0 Å². The van der Waals surface area contributed by atoms with Crippen molar-refractivity contribution in [1.82, 2.24) is 10.0 Å². The normalized spacial score (nSPS) is 15.3. The van der Waals surface area contributed by atoms with Crippen molar-refractivity contribution in [1.29, 1.82) is 0 Å². The van der Waals surface area contributed by atoms with Crippen molar-refractivity contribution in [2.75, 3.05) is 6.54 Å². The van der Waals surface area contributed by atoms with E-state index in [4.69, 9.17) is 10.8 Å². The van der Waals surface area contributed by atoms with Gasteiger partial charge in [0.1, 0.15) is 5.76 Å². The molecule has 0 radical (unpaired) electrons. The Morgan fingerprint density at radius 3 is 2.89 bits per heavy atom. The predicted molar refractivity (Wildman–Crippen MR) is 71.8 cm³/mol. The van der Waals surface area contributed by atoms with Crippen molar-refractivity contribution in [3.8, 4) is 12.3 Å². The van der Waals surface area contributed by atoms with Crippen LogP contribution in [0.5, 0.6) is 0 Å². The van der Waals surface area contributed by atoms with E-state index in [1.807, 2.05) is 0 Å². The minimum atomic E-state index is -3.56. The molecular weight excluding hydrogens is 264 g/mol. The summed E-state index contributed by atoms with van der Waals surface area (Å²) in [5.41, 5.74) is 0. The van der Waals surface area contributed by atoms with Crippen LogP contribution in [0.25, 0.3) is 0 Å². The molecule has 0 aromatic carbocycles. The number of hydrogen-bond donors (Lipinski definition) is 2. The molecule has 0 saturated heterocycles. The number of rotatable bonds is 8. The highest BCUT2D eigenvalue weighted by Crippen LogP contribution is 2.20. The molecule has 0 atom stereocenters. The van der Waals surface area contributed by atoms with E-state index in [-0.39, 0.29) is 5.09 Å². The van der Waals surface area contributed by atoms with Gasteiger partial charge in [0.15, 0.2) is 0 Å². The van der Waals surface area contributed by atoms with Crippen LogP contribution in [0.3, 0.4) is 0 Å². The number of sulfonamides is 1. The van der Waals surface area contributed by atoms with Crippen molar-refractivity contribution < 1.29 is 12.8 Å². The number of furan rings is 1. The molecule has 6 heteroatoms. The maximum Gasteiger partial charge on any atom is 0.273 e. The molecule has 1 fully saturated rings. The number of nitrogens with one attached hydrogen (secondary N) is 2. The van der Waals surface area contributed by atoms with Crippen LogP contribution in [-0.4, -0.2) is 21.0 Å². The fourth-order valence-corrected chi connectivity index (χ4v) is 2.62. The second-order valence-electron chi connectivity index (χ2n) is 4.58. The van der Waals surface area contributed by atoms with E-state index in [0.717, 1.165) is 0 Å². The summed E-state index contributed by atoms with van der Waals surface area (Å²) in [4.78, 5) is 0. The standard InChI is InChI=1S/C13H18N2O3S/c1-2-3-4-9-15-19(16,17)13-8-7-12(18-13)10-14-11-5-6-11/h1,7-8,11,14-15H,3-6,9-10H2. The van der Waals surface area contributed by atoms with Crippen LogP contribution in [0.4, 0.5) is 0 Å². The van der Waals surface area contributed by atoms with Gasteiger partial charge in [-0.25, -0.2) is 13.1 Å². The van der Waals surface area contributed by atoms with E-state index >= 15 is 0 Å². The summed E-state index contributed by atoms with van der Waals surface area (Å²) >= 11 is 0. The molecule has 1 saturated carbocycles. The lowest BCUT2D eigenvalue weighted by Gasteiger charge is -2.03. The number of unbranched alkanes of at least 4 members (excludes halogenated alkanes) is 1. The van der Waals surface area contributed by atoms with Crippen molar-refractivity contribution in [3.63, 3.8) is 0 Å². The van der Waals surface area contributed by atoms with Gasteiger partial charge in [-0.1, -0.05) is 0 Å². The molecule has 2 rings (SSSR count). The first kappa shape index (κ1) is 14.1. The highest BCUT2D eigenvalue weighted by atomic mass is 32.2. The van der Waals surface area contributed by atoms with Crippen LogP contribution in [-0.2, 0) is 16.6 Å². The lowest BCUT2D eigenvalue weighted by Crippen LogP contribution is -2.24. The fraction of sp³-hybridized carbons (Fsp3) is 0.538. The summed E-state index contributed by atoms with van der Waals surface area (Å²) in [7, 11) is -3.56. The first-order valence-electron chi connectivity index (χ1n) is 6.37. The van der Waals surface area contributed by atoms with Gasteiger partial charge in [-0.3, -0.25) is 0 Å². The molecule has 0 amide bonds. The van der Waals surface area contributed by atoms with E-state index in [1.165, 1.54) is 18.9 Å². The van der Waals surface area contributed by atoms with Crippen molar-refractivity contribution >= 4 is 10.0 Å². The van der Waals surface area contributed by atoms with Gasteiger partial charge in [0.2, 0.25) is 5.09 Å². The Morgan fingerprint density at radius 1 is 1.42 bits per heavy atom. The zero-order valence-corrected chi connectivity index (χ0v) is 11.5. The van der Waals surface area contributed by atoms with Crippen molar-refractivity contribution in [2.24, 2.45) is 0 Å². The third-order valence-corrected chi connectivity index (χ3v) is 4.17. The summed E-state index contributed by atoms with van der Waals surface area (Å²) < 4.78 is 31.6. The molecule has 5 nitrogen and oxygen atoms in total. The lowest BCUT2D eigenvalue weighted by atomic mass is 10.3. The summed E-state index contributed by atoms with van der Waals surface area (Å²) in [6.07, 6.45) is 8.64. The fourth-order valence-electron chi connectivity index (χ4n) is 1.60. The maximum absolute atomic E-state index is 11.9. The smallest absolute Gasteiger partial charge is 0.273 e. The Kier molecular flexibility index (Phi) is 4.64. The van der Waals surface area contributed by atoms with Crippen LogP contribution >= 0.6 is 0 Å². The van der Waals surface area contributed by atoms with Crippen LogP contribution in [0.1, 0.15) is 31.4 Å². The van der Waals surface area contributed by atoms with Gasteiger partial charge < -0.3 is 9.73 Å². The van der Waals surface area contributed by atoms with E-state index < -0.39 is 10.0 Å². The van der Waals surface area contributed by atoms with Crippen LogP contribution < -0.4 is 10.0 Å². The average Bonchev–Trinajstić information content (AvgIpc) is 3.08. The summed E-state index contributed by atoms with van der Waals surface area (Å²) in [5, 5.41) is 3.23. The molecule has 0 bridgehead atoms. The van der Waals surface area contributed by atoms with Crippen LogP contribution in [0.15, 0.2) is 21.6 Å². The van der Waals surface area contributed by atoms with Crippen molar-refractivity contribution in [2.45, 2.75) is 43.4 Å². The van der Waals surface area contributed by atoms with Gasteiger partial charge in [0, 0.05) is 19.0 Å². The zero-order chi connectivity index (χ0) is 13.7. The largest absolute Gasteiger partial charge is 0.447 e. The highest BCUT2D eigenvalue weighted by Gasteiger charge is 2.22. The first-order valence-corrected chi connectivity index (χ1v) is 7.85. The molecule has 19 heavy (non-hydrogen) atoms. The Labute approximate surface area is 113 Å². The molecule has 104 valence electrons. The molecule has 1 aromatic heterocycles. The number of hydrogen-bond acceptors (Lipinski definition) is 4. The van der Waals surface area contributed by atoms with Crippen molar-refractivity contribution in [3.05, 3.63) is 17.9 Å². The Bertz CT molecular complexity index is 553. The molecule has 1 aromatic rings. The molecule has 1 heterocycles. The molecule has 0 unspecified atom stereocenters. The van der Waals surface area contributed by atoms with E-state index in [1.54, 1.807) is 6.07 Å². The third-order valence-electron chi connectivity index (χ3n) is 2.83. The Hall–Kier alpha value is -1.29. The lowest BCUT2D eigenvalue weighted by molar-refractivity contribution is 0.399. The molecule has 1 aliphatic rings. The molecule has 2 N–H and O–H groups in total. The summed E-state index contributed by atoms with van der Waals surface area (Å²) in [6, 6.07) is 3.73. The number of terminal acetylenes is 1. The van der Waals surface area contributed by atoms with E-state index in [2.05, 4.69) is 16.0 Å². The second-order valence-corrected chi connectivity index (χ2v) is 6.28. The van der Waals surface area contributed by atoms with Gasteiger partial charge in [0.25, 0.3) is 10.0 Å². The Morgan fingerprint density at radius 2 is 2.21 bits per heavy atom. The monoisotopic (exact) mass is 282 g/mol. The molecule has 0 spiro atoms. The minimum Gasteiger partial charge on any atom is -0.447 e. The Balaban J connectivity index is 1.86. The molecule has 1 aliphatic carbocycles. The maximum atomic E-state index is 11.9.